The zero-order chi connectivity index (χ0) is 32.6. The van der Waals surface area contributed by atoms with Gasteiger partial charge in [0.1, 0.15) is 5.60 Å². The highest BCUT2D eigenvalue weighted by Crippen LogP contribution is 2.32. The van der Waals surface area contributed by atoms with Gasteiger partial charge in [-0.3, -0.25) is 14.7 Å². The Labute approximate surface area is 263 Å². The van der Waals surface area contributed by atoms with Crippen LogP contribution in [0.4, 0.5) is 19.3 Å². The minimum atomic E-state index is -1.08. The summed E-state index contributed by atoms with van der Waals surface area (Å²) in [5.74, 6) is -3.11. The summed E-state index contributed by atoms with van der Waals surface area (Å²) in [4.78, 5) is 45.9. The second-order valence-electron chi connectivity index (χ2n) is 11.6. The van der Waals surface area contributed by atoms with Crippen LogP contribution in [0.5, 0.6) is 0 Å². The summed E-state index contributed by atoms with van der Waals surface area (Å²) in [7, 11) is 1.51. The number of nitrogens with one attached hydrogen (secondary N) is 2. The molecule has 0 atom stereocenters. The second-order valence-corrected chi connectivity index (χ2v) is 12.0. The maximum absolute atomic E-state index is 15.2. The number of benzene rings is 2. The van der Waals surface area contributed by atoms with Crippen LogP contribution in [-0.2, 0) is 11.8 Å². The third-order valence-electron chi connectivity index (χ3n) is 7.35. The Balaban J connectivity index is 1.25. The van der Waals surface area contributed by atoms with Crippen molar-refractivity contribution in [2.24, 2.45) is 7.05 Å². The summed E-state index contributed by atoms with van der Waals surface area (Å²) < 4.78 is 37.0. The summed E-state index contributed by atoms with van der Waals surface area (Å²) >= 11 is 6.44. The maximum Gasteiger partial charge on any atom is 0.410 e. The van der Waals surface area contributed by atoms with E-state index >= 15 is 8.78 Å². The van der Waals surface area contributed by atoms with E-state index in [0.717, 1.165) is 0 Å². The average molecular weight is 640 g/mol. The minimum absolute atomic E-state index is 0.0568. The third-order valence-corrected chi connectivity index (χ3v) is 7.66. The highest BCUT2D eigenvalue weighted by atomic mass is 35.5. The summed E-state index contributed by atoms with van der Waals surface area (Å²) in [5.41, 5.74) is 1.08. The van der Waals surface area contributed by atoms with Crippen molar-refractivity contribution in [3.63, 3.8) is 0 Å². The molecule has 236 valence electrons. The molecule has 4 aromatic rings. The number of halogens is 3. The Morgan fingerprint density at radius 3 is 2.24 bits per heavy atom. The predicted octanol–water partition coefficient (Wildman–Crippen LogP) is 5.66. The lowest BCUT2D eigenvalue weighted by atomic mass is 10.0. The number of aryl methyl sites for hydroxylation is 1. The molecule has 0 spiro atoms. The lowest BCUT2D eigenvalue weighted by molar-refractivity contribution is 0.0141. The van der Waals surface area contributed by atoms with E-state index in [1.165, 1.54) is 54.3 Å². The molecule has 2 aromatic carbocycles. The number of H-pyrrole nitrogens is 1. The van der Waals surface area contributed by atoms with Crippen molar-refractivity contribution in [1.82, 2.24) is 29.5 Å². The largest absolute Gasteiger partial charge is 0.444 e. The van der Waals surface area contributed by atoms with Crippen LogP contribution in [0.15, 0.2) is 42.7 Å². The Hall–Kier alpha value is -4.78. The first-order chi connectivity index (χ1) is 21.2. The van der Waals surface area contributed by atoms with Crippen LogP contribution in [0.1, 0.15) is 47.4 Å². The molecule has 0 bridgehead atoms. The van der Waals surface area contributed by atoms with E-state index in [1.54, 1.807) is 37.5 Å². The van der Waals surface area contributed by atoms with Gasteiger partial charge in [0.05, 0.1) is 28.2 Å². The zero-order valence-electron chi connectivity index (χ0n) is 25.4. The smallest absolute Gasteiger partial charge is 0.410 e. The summed E-state index contributed by atoms with van der Waals surface area (Å²) in [6, 6.07) is 7.35. The normalized spacial score (nSPS) is 13.6. The Bertz CT molecular complexity index is 1790. The number of anilines is 1. The lowest BCUT2D eigenvalue weighted by Crippen LogP contribution is -2.51. The first-order valence-electron chi connectivity index (χ1n) is 14.1. The van der Waals surface area contributed by atoms with Gasteiger partial charge in [-0.1, -0.05) is 17.7 Å². The number of carbonyl (C=O) groups excluding carboxylic acids is 3. The SMILES string of the molecule is Cc1n[nH]cc1-c1ccc(-c2cnc(C(=O)Nc3ccc(C(=O)N4CCN(C(=O)OC(C)(C)C)CC4)c(Cl)c3)n2C)c(F)c1F. The molecule has 1 fully saturated rings. The molecular weight excluding hydrogens is 608 g/mol. The quantitative estimate of drug-likeness (QED) is 0.290. The van der Waals surface area contributed by atoms with E-state index in [2.05, 4.69) is 20.5 Å². The van der Waals surface area contributed by atoms with E-state index in [9.17, 15) is 14.4 Å². The zero-order valence-corrected chi connectivity index (χ0v) is 26.1. The molecular formula is C31H32ClF2N7O4. The number of hydrogen-bond donors (Lipinski definition) is 2. The minimum Gasteiger partial charge on any atom is -0.444 e. The molecule has 14 heteroatoms. The fourth-order valence-corrected chi connectivity index (χ4v) is 5.26. The van der Waals surface area contributed by atoms with Gasteiger partial charge >= 0.3 is 6.09 Å². The predicted molar refractivity (Wildman–Crippen MR) is 164 cm³/mol. The van der Waals surface area contributed by atoms with Crippen LogP contribution in [-0.4, -0.2) is 79.2 Å². The van der Waals surface area contributed by atoms with Gasteiger partial charge in [-0.15, -0.1) is 0 Å². The molecule has 0 radical (unpaired) electrons. The Morgan fingerprint density at radius 1 is 0.978 bits per heavy atom. The van der Waals surface area contributed by atoms with Crippen molar-refractivity contribution in [3.05, 3.63) is 76.5 Å². The van der Waals surface area contributed by atoms with Gasteiger partial charge in [0.15, 0.2) is 17.5 Å². The number of amides is 3. The fraction of sp³-hybridized carbons (Fsp3) is 0.323. The molecule has 1 aliphatic rings. The van der Waals surface area contributed by atoms with E-state index in [4.69, 9.17) is 16.3 Å². The maximum atomic E-state index is 15.2. The van der Waals surface area contributed by atoms with E-state index < -0.39 is 29.2 Å². The van der Waals surface area contributed by atoms with Gasteiger partial charge < -0.3 is 24.4 Å². The number of imidazole rings is 1. The van der Waals surface area contributed by atoms with Crippen molar-refractivity contribution in [1.29, 1.82) is 0 Å². The Kier molecular flexibility index (Phi) is 8.66. The highest BCUT2D eigenvalue weighted by Gasteiger charge is 2.29. The number of aromatic nitrogens is 4. The number of hydrogen-bond acceptors (Lipinski definition) is 6. The molecule has 2 N–H and O–H groups in total. The van der Waals surface area contributed by atoms with E-state index in [-0.39, 0.29) is 39.1 Å². The molecule has 11 nitrogen and oxygen atoms in total. The van der Waals surface area contributed by atoms with Crippen LogP contribution in [0.2, 0.25) is 5.02 Å². The number of ether oxygens (including phenoxy) is 1. The monoisotopic (exact) mass is 639 g/mol. The molecule has 5 rings (SSSR count). The van der Waals surface area contributed by atoms with Gasteiger partial charge in [-0.05, 0) is 52.0 Å². The van der Waals surface area contributed by atoms with Gasteiger partial charge in [0.2, 0.25) is 0 Å². The molecule has 3 heterocycles. The van der Waals surface area contributed by atoms with E-state index in [1.807, 2.05) is 0 Å². The fourth-order valence-electron chi connectivity index (χ4n) is 5.00. The van der Waals surface area contributed by atoms with Gasteiger partial charge in [-0.25, -0.2) is 18.6 Å². The molecule has 0 aliphatic carbocycles. The summed E-state index contributed by atoms with van der Waals surface area (Å²) in [6.45, 7) is 8.32. The first kappa shape index (κ1) is 31.6. The number of aromatic amines is 1. The number of piperazine rings is 1. The molecule has 0 unspecified atom stereocenters. The molecule has 1 saturated heterocycles. The van der Waals surface area contributed by atoms with Gasteiger partial charge in [0.25, 0.3) is 11.8 Å². The van der Waals surface area contributed by atoms with Gasteiger partial charge in [-0.2, -0.15) is 5.10 Å². The van der Waals surface area contributed by atoms with Crippen LogP contribution < -0.4 is 5.32 Å². The highest BCUT2D eigenvalue weighted by molar-refractivity contribution is 6.34. The first-order valence-corrected chi connectivity index (χ1v) is 14.5. The van der Waals surface area contributed by atoms with Crippen molar-refractivity contribution in [2.75, 3.05) is 31.5 Å². The summed E-state index contributed by atoms with van der Waals surface area (Å²) in [5, 5.41) is 9.39. The van der Waals surface area contributed by atoms with Crippen LogP contribution in [0.25, 0.3) is 22.4 Å². The lowest BCUT2D eigenvalue weighted by Gasteiger charge is -2.35. The van der Waals surface area contributed by atoms with Crippen molar-refractivity contribution in [2.45, 2.75) is 33.3 Å². The van der Waals surface area contributed by atoms with E-state index in [0.29, 0.717) is 43.1 Å². The standard InChI is InChI=1S/C31H32ClF2N7O4/c1-17-22(15-36-38-17)19-8-9-21(26(34)25(19)33)24-16-35-27(39(24)5)28(42)37-18-6-7-20(23(32)14-18)29(43)40-10-12-41(13-11-40)30(44)45-31(2,3)4/h6-9,14-16H,10-13H2,1-5H3,(H,36,38)(H,37,42). The van der Waals surface area contributed by atoms with Crippen molar-refractivity contribution < 1.29 is 27.9 Å². The van der Waals surface area contributed by atoms with Crippen LogP contribution in [0, 0.1) is 18.6 Å². The number of carbonyl (C=O) groups is 3. The molecule has 1 aliphatic heterocycles. The van der Waals surface area contributed by atoms with Gasteiger partial charge in [0, 0.05) is 61.8 Å². The average Bonchev–Trinajstić information content (AvgIpc) is 3.58. The Morgan fingerprint density at radius 2 is 1.62 bits per heavy atom. The third kappa shape index (κ3) is 6.53. The number of rotatable bonds is 5. The molecule has 45 heavy (non-hydrogen) atoms. The molecule has 2 aromatic heterocycles. The van der Waals surface area contributed by atoms with Crippen molar-refractivity contribution >= 4 is 35.2 Å². The summed E-state index contributed by atoms with van der Waals surface area (Å²) in [6.07, 6.45) is 2.35. The topological polar surface area (TPSA) is 125 Å². The molecule has 3 amide bonds. The van der Waals surface area contributed by atoms with Crippen LogP contribution >= 0.6 is 11.6 Å². The second kappa shape index (κ2) is 12.3. The van der Waals surface area contributed by atoms with Crippen molar-refractivity contribution in [3.8, 4) is 22.4 Å². The van der Waals surface area contributed by atoms with Crippen LogP contribution in [0.3, 0.4) is 0 Å². The molecule has 0 saturated carbocycles. The number of nitrogens with zero attached hydrogens (tertiary/aromatic N) is 5.